The summed E-state index contributed by atoms with van der Waals surface area (Å²) in [4.78, 5) is 38.5. The van der Waals surface area contributed by atoms with Crippen LogP contribution in [-0.4, -0.2) is 42.9 Å². The fourth-order valence-electron chi connectivity index (χ4n) is 3.53. The Hall–Kier alpha value is -3.15. The summed E-state index contributed by atoms with van der Waals surface area (Å²) in [6.07, 6.45) is 2.50. The number of anilines is 1. The molecular weight excluding hydrogens is 368 g/mol. The molecule has 1 N–H and O–H groups in total. The Labute approximate surface area is 170 Å². The lowest BCUT2D eigenvalue weighted by Gasteiger charge is -2.31. The minimum Gasteiger partial charge on any atom is -0.465 e. The summed E-state index contributed by atoms with van der Waals surface area (Å²) in [6, 6.07) is 16.7. The summed E-state index contributed by atoms with van der Waals surface area (Å²) in [7, 11) is 1.32. The minimum absolute atomic E-state index is 0.0802. The average Bonchev–Trinajstić information content (AvgIpc) is 2.78. The molecule has 1 saturated heterocycles. The number of hydrogen-bond acceptors (Lipinski definition) is 4. The molecule has 0 radical (unpaired) electrons. The van der Waals surface area contributed by atoms with Crippen molar-refractivity contribution in [2.45, 2.75) is 25.7 Å². The van der Waals surface area contributed by atoms with Gasteiger partial charge < -0.3 is 15.0 Å². The van der Waals surface area contributed by atoms with Gasteiger partial charge in [0.25, 0.3) is 0 Å². The molecule has 0 saturated carbocycles. The van der Waals surface area contributed by atoms with E-state index in [0.717, 1.165) is 12.0 Å². The number of hydrogen-bond donors (Lipinski definition) is 1. The Balaban J connectivity index is 1.47. The Morgan fingerprint density at radius 2 is 1.76 bits per heavy atom. The van der Waals surface area contributed by atoms with Gasteiger partial charge in [0.05, 0.1) is 12.7 Å². The number of nitrogens with one attached hydrogen (secondary N) is 1. The number of carbonyl (C=O) groups excluding carboxylic acids is 3. The molecule has 0 bridgehead atoms. The van der Waals surface area contributed by atoms with Crippen LogP contribution in [0.15, 0.2) is 54.6 Å². The van der Waals surface area contributed by atoms with Crippen LogP contribution in [0.1, 0.15) is 35.2 Å². The maximum Gasteiger partial charge on any atom is 0.337 e. The molecule has 0 aliphatic carbocycles. The van der Waals surface area contributed by atoms with E-state index in [1.165, 1.54) is 7.11 Å². The van der Waals surface area contributed by atoms with Crippen molar-refractivity contribution >= 4 is 23.5 Å². The standard InChI is InChI=1S/C23H26N2O4/c1-29-23(28)19-8-5-9-20(16-19)24-22(27)18-12-14-25(15-13-18)21(26)11-10-17-6-3-2-4-7-17/h2-9,16,18H,10-15H2,1H3,(H,24,27). The summed E-state index contributed by atoms with van der Waals surface area (Å²) >= 11 is 0. The quantitative estimate of drug-likeness (QED) is 0.763. The molecule has 0 spiro atoms. The summed E-state index contributed by atoms with van der Waals surface area (Å²) in [6.45, 7) is 1.18. The summed E-state index contributed by atoms with van der Waals surface area (Å²) in [5.74, 6) is -0.528. The molecule has 29 heavy (non-hydrogen) atoms. The third-order valence-electron chi connectivity index (χ3n) is 5.24. The molecule has 2 aromatic carbocycles. The van der Waals surface area contributed by atoms with Gasteiger partial charge in [-0.2, -0.15) is 0 Å². The van der Waals surface area contributed by atoms with Crippen LogP contribution >= 0.6 is 0 Å². The van der Waals surface area contributed by atoms with Crippen LogP contribution < -0.4 is 5.32 Å². The second kappa shape index (κ2) is 9.87. The molecule has 1 fully saturated rings. The molecule has 3 rings (SSSR count). The largest absolute Gasteiger partial charge is 0.465 e. The number of rotatable bonds is 6. The number of ether oxygens (including phenoxy) is 1. The average molecular weight is 394 g/mol. The smallest absolute Gasteiger partial charge is 0.337 e. The van der Waals surface area contributed by atoms with Gasteiger partial charge in [-0.15, -0.1) is 0 Å². The first-order valence-electron chi connectivity index (χ1n) is 9.88. The van der Waals surface area contributed by atoms with E-state index < -0.39 is 5.97 Å². The Morgan fingerprint density at radius 3 is 2.45 bits per heavy atom. The zero-order chi connectivity index (χ0) is 20.6. The lowest BCUT2D eigenvalue weighted by atomic mass is 9.95. The summed E-state index contributed by atoms with van der Waals surface area (Å²) in [5, 5.41) is 2.87. The molecule has 6 heteroatoms. The van der Waals surface area contributed by atoms with Crippen LogP contribution in [-0.2, 0) is 20.7 Å². The van der Waals surface area contributed by atoms with Crippen LogP contribution in [0.5, 0.6) is 0 Å². The summed E-state index contributed by atoms with van der Waals surface area (Å²) < 4.78 is 4.71. The van der Waals surface area contributed by atoms with Crippen molar-refractivity contribution in [1.29, 1.82) is 0 Å². The van der Waals surface area contributed by atoms with Crippen molar-refractivity contribution in [3.63, 3.8) is 0 Å². The maximum absolute atomic E-state index is 12.6. The molecule has 0 aromatic heterocycles. The molecule has 2 aromatic rings. The summed E-state index contributed by atoms with van der Waals surface area (Å²) in [5.41, 5.74) is 2.12. The van der Waals surface area contributed by atoms with Crippen molar-refractivity contribution in [3.8, 4) is 0 Å². The van der Waals surface area contributed by atoms with Crippen LogP contribution in [0.2, 0.25) is 0 Å². The maximum atomic E-state index is 12.6. The first kappa shape index (κ1) is 20.6. The number of benzene rings is 2. The Kier molecular flexibility index (Phi) is 7.00. The van der Waals surface area contributed by atoms with Crippen LogP contribution in [0.25, 0.3) is 0 Å². The fourth-order valence-corrected chi connectivity index (χ4v) is 3.53. The predicted molar refractivity (Wildman–Crippen MR) is 110 cm³/mol. The zero-order valence-corrected chi connectivity index (χ0v) is 16.6. The lowest BCUT2D eigenvalue weighted by molar-refractivity contribution is -0.134. The number of likely N-dealkylation sites (tertiary alicyclic amines) is 1. The minimum atomic E-state index is -0.441. The SMILES string of the molecule is COC(=O)c1cccc(NC(=O)C2CCN(C(=O)CCc3ccccc3)CC2)c1. The molecule has 1 aliphatic heterocycles. The highest BCUT2D eigenvalue weighted by Gasteiger charge is 2.27. The Bertz CT molecular complexity index is 858. The van der Waals surface area contributed by atoms with Gasteiger partial charge in [0.2, 0.25) is 11.8 Å². The second-order valence-electron chi connectivity index (χ2n) is 7.20. The first-order chi connectivity index (χ1) is 14.1. The normalized spacial score (nSPS) is 14.3. The predicted octanol–water partition coefficient (Wildman–Crippen LogP) is 3.28. The highest BCUT2D eigenvalue weighted by Crippen LogP contribution is 2.21. The van der Waals surface area contributed by atoms with E-state index in [0.29, 0.717) is 43.6 Å². The van der Waals surface area contributed by atoms with E-state index in [1.54, 1.807) is 24.3 Å². The molecule has 0 unspecified atom stereocenters. The third kappa shape index (κ3) is 5.67. The van der Waals surface area contributed by atoms with E-state index in [9.17, 15) is 14.4 Å². The van der Waals surface area contributed by atoms with Crippen LogP contribution in [0.4, 0.5) is 5.69 Å². The van der Waals surface area contributed by atoms with Crippen molar-refractivity contribution in [2.24, 2.45) is 5.92 Å². The monoisotopic (exact) mass is 394 g/mol. The van der Waals surface area contributed by atoms with E-state index >= 15 is 0 Å². The van der Waals surface area contributed by atoms with E-state index in [-0.39, 0.29) is 17.7 Å². The number of esters is 1. The van der Waals surface area contributed by atoms with E-state index in [1.807, 2.05) is 35.2 Å². The highest BCUT2D eigenvalue weighted by atomic mass is 16.5. The van der Waals surface area contributed by atoms with Gasteiger partial charge >= 0.3 is 5.97 Å². The van der Waals surface area contributed by atoms with Crippen LogP contribution in [0.3, 0.4) is 0 Å². The molecule has 1 heterocycles. The van der Waals surface area contributed by atoms with E-state index in [4.69, 9.17) is 4.74 Å². The molecule has 0 atom stereocenters. The van der Waals surface area contributed by atoms with Crippen molar-refractivity contribution in [2.75, 3.05) is 25.5 Å². The number of aryl methyl sites for hydroxylation is 1. The van der Waals surface area contributed by atoms with Crippen LogP contribution in [0, 0.1) is 5.92 Å². The van der Waals surface area contributed by atoms with E-state index in [2.05, 4.69) is 5.32 Å². The fraction of sp³-hybridized carbons (Fsp3) is 0.348. The molecule has 6 nitrogen and oxygen atoms in total. The van der Waals surface area contributed by atoms with Crippen molar-refractivity contribution in [1.82, 2.24) is 4.90 Å². The van der Waals surface area contributed by atoms with Gasteiger partial charge in [0.15, 0.2) is 0 Å². The van der Waals surface area contributed by atoms with Gasteiger partial charge in [-0.05, 0) is 43.0 Å². The van der Waals surface area contributed by atoms with Gasteiger partial charge in [-0.3, -0.25) is 9.59 Å². The van der Waals surface area contributed by atoms with Gasteiger partial charge in [0, 0.05) is 31.1 Å². The number of methoxy groups -OCH3 is 1. The first-order valence-corrected chi connectivity index (χ1v) is 9.88. The lowest BCUT2D eigenvalue weighted by Crippen LogP contribution is -2.41. The number of carbonyl (C=O) groups is 3. The molecular formula is C23H26N2O4. The number of amides is 2. The van der Waals surface area contributed by atoms with Gasteiger partial charge in [-0.25, -0.2) is 4.79 Å². The molecule has 1 aliphatic rings. The van der Waals surface area contributed by atoms with Gasteiger partial charge in [-0.1, -0.05) is 36.4 Å². The molecule has 2 amide bonds. The second-order valence-corrected chi connectivity index (χ2v) is 7.20. The van der Waals surface area contributed by atoms with Crippen molar-refractivity contribution in [3.05, 3.63) is 65.7 Å². The van der Waals surface area contributed by atoms with Crippen molar-refractivity contribution < 1.29 is 19.1 Å². The third-order valence-corrected chi connectivity index (χ3v) is 5.24. The number of piperidine rings is 1. The Morgan fingerprint density at radius 1 is 1.03 bits per heavy atom. The zero-order valence-electron chi connectivity index (χ0n) is 16.6. The topological polar surface area (TPSA) is 75.7 Å². The van der Waals surface area contributed by atoms with Gasteiger partial charge in [0.1, 0.15) is 0 Å². The highest BCUT2D eigenvalue weighted by molar-refractivity contribution is 5.95. The molecule has 152 valence electrons. The number of nitrogens with zero attached hydrogens (tertiary/aromatic N) is 1.